The molecule has 0 atom stereocenters. The third kappa shape index (κ3) is 1.06. The summed E-state index contributed by atoms with van der Waals surface area (Å²) in [4.78, 5) is 4.57. The monoisotopic (exact) mass is 164 g/mol. The van der Waals surface area contributed by atoms with E-state index in [0.29, 0.717) is 0 Å². The minimum Gasteiger partial charge on any atom is -0.334 e. The fraction of sp³-hybridized carbons (Fsp3) is 0.700. The maximum absolute atomic E-state index is 4.57. The molecule has 2 nitrogen and oxygen atoms in total. The van der Waals surface area contributed by atoms with Crippen molar-refractivity contribution < 1.29 is 0 Å². The molecule has 0 N–H and O–H groups in total. The average Bonchev–Trinajstić information content (AvgIpc) is 2.30. The van der Waals surface area contributed by atoms with Crippen LogP contribution in [0.4, 0.5) is 0 Å². The zero-order valence-electron chi connectivity index (χ0n) is 8.09. The lowest BCUT2D eigenvalue weighted by Gasteiger charge is -2.29. The summed E-state index contributed by atoms with van der Waals surface area (Å²) < 4.78 is 2.30. The number of imidazole rings is 1. The molecule has 0 aromatic carbocycles. The normalized spacial score (nSPS) is 20.6. The first-order chi connectivity index (χ1) is 5.59. The van der Waals surface area contributed by atoms with Crippen LogP contribution >= 0.6 is 0 Å². The Hall–Kier alpha value is -0.790. The maximum atomic E-state index is 4.57. The van der Waals surface area contributed by atoms with E-state index >= 15 is 0 Å². The summed E-state index contributed by atoms with van der Waals surface area (Å²) in [6, 6.07) is 0. The molecule has 1 aliphatic rings. The van der Waals surface area contributed by atoms with Gasteiger partial charge in [-0.3, -0.25) is 0 Å². The fourth-order valence-electron chi connectivity index (χ4n) is 2.06. The van der Waals surface area contributed by atoms with Crippen molar-refractivity contribution in [3.05, 3.63) is 17.7 Å². The van der Waals surface area contributed by atoms with E-state index in [9.17, 15) is 0 Å². The van der Waals surface area contributed by atoms with Gasteiger partial charge in [-0.2, -0.15) is 0 Å². The summed E-state index contributed by atoms with van der Waals surface area (Å²) in [7, 11) is 0. The summed E-state index contributed by atoms with van der Waals surface area (Å²) in [6.07, 6.45) is 4.72. The van der Waals surface area contributed by atoms with E-state index in [4.69, 9.17) is 0 Å². The first-order valence-electron chi connectivity index (χ1n) is 4.64. The van der Waals surface area contributed by atoms with Crippen LogP contribution < -0.4 is 0 Å². The Morgan fingerprint density at radius 1 is 1.50 bits per heavy atom. The van der Waals surface area contributed by atoms with Gasteiger partial charge in [0.2, 0.25) is 0 Å². The lowest BCUT2D eigenvalue weighted by Crippen LogP contribution is -2.27. The number of nitrogens with zero attached hydrogens (tertiary/aromatic N) is 2. The lowest BCUT2D eigenvalue weighted by molar-refractivity contribution is 0.352. The second kappa shape index (κ2) is 2.35. The zero-order valence-corrected chi connectivity index (χ0v) is 8.09. The molecule has 0 unspecified atom stereocenters. The van der Waals surface area contributed by atoms with Crippen molar-refractivity contribution in [2.24, 2.45) is 0 Å². The van der Waals surface area contributed by atoms with E-state index in [1.54, 1.807) is 0 Å². The van der Waals surface area contributed by atoms with Crippen LogP contribution in [0.15, 0.2) is 6.20 Å². The Balaban J connectivity index is 2.51. The van der Waals surface area contributed by atoms with Crippen molar-refractivity contribution in [3.63, 3.8) is 0 Å². The SMILES string of the molecule is Cc1cn2c(n1)C(C)(C)CCC2. The largest absolute Gasteiger partial charge is 0.334 e. The van der Waals surface area contributed by atoms with E-state index < -0.39 is 0 Å². The molecule has 2 heterocycles. The summed E-state index contributed by atoms with van der Waals surface area (Å²) in [5.74, 6) is 1.27. The van der Waals surface area contributed by atoms with Gasteiger partial charge in [-0.1, -0.05) is 13.8 Å². The molecule has 1 aliphatic heterocycles. The number of hydrogen-bond acceptors (Lipinski definition) is 1. The maximum Gasteiger partial charge on any atom is 0.114 e. The predicted molar refractivity (Wildman–Crippen MR) is 49.2 cm³/mol. The molecule has 2 rings (SSSR count). The second-order valence-corrected chi connectivity index (χ2v) is 4.39. The highest BCUT2D eigenvalue weighted by molar-refractivity contribution is 5.13. The van der Waals surface area contributed by atoms with Gasteiger partial charge in [0.25, 0.3) is 0 Å². The Bertz CT molecular complexity index is 297. The Morgan fingerprint density at radius 2 is 2.25 bits per heavy atom. The fourth-order valence-corrected chi connectivity index (χ4v) is 2.06. The molecule has 0 spiro atoms. The number of aromatic nitrogens is 2. The summed E-state index contributed by atoms with van der Waals surface area (Å²) >= 11 is 0. The molecule has 0 fully saturated rings. The van der Waals surface area contributed by atoms with Crippen LogP contribution in [0, 0.1) is 6.92 Å². The first kappa shape index (κ1) is 7.84. The molecule has 1 aromatic rings. The van der Waals surface area contributed by atoms with Crippen molar-refractivity contribution in [2.45, 2.75) is 45.6 Å². The van der Waals surface area contributed by atoms with Gasteiger partial charge < -0.3 is 4.57 Å². The van der Waals surface area contributed by atoms with Crippen LogP contribution in [0.2, 0.25) is 0 Å². The average molecular weight is 164 g/mol. The van der Waals surface area contributed by atoms with Gasteiger partial charge in [0.15, 0.2) is 0 Å². The summed E-state index contributed by atoms with van der Waals surface area (Å²) in [5, 5.41) is 0. The quantitative estimate of drug-likeness (QED) is 0.575. The smallest absolute Gasteiger partial charge is 0.114 e. The van der Waals surface area contributed by atoms with Gasteiger partial charge in [-0.05, 0) is 19.8 Å². The second-order valence-electron chi connectivity index (χ2n) is 4.39. The molecule has 0 radical (unpaired) electrons. The molecule has 0 saturated carbocycles. The Morgan fingerprint density at radius 3 is 2.92 bits per heavy atom. The van der Waals surface area contributed by atoms with Crippen LogP contribution in [-0.2, 0) is 12.0 Å². The van der Waals surface area contributed by atoms with Gasteiger partial charge >= 0.3 is 0 Å². The molecule has 0 amide bonds. The van der Waals surface area contributed by atoms with Crippen LogP contribution in [0.1, 0.15) is 38.2 Å². The van der Waals surface area contributed by atoms with Crippen LogP contribution in [0.25, 0.3) is 0 Å². The summed E-state index contributed by atoms with van der Waals surface area (Å²) in [5.41, 5.74) is 1.44. The van der Waals surface area contributed by atoms with Crippen molar-refractivity contribution in [1.29, 1.82) is 0 Å². The van der Waals surface area contributed by atoms with E-state index in [2.05, 4.69) is 36.5 Å². The van der Waals surface area contributed by atoms with E-state index in [0.717, 1.165) is 12.2 Å². The molecule has 0 bridgehead atoms. The molecule has 2 heteroatoms. The highest BCUT2D eigenvalue weighted by atomic mass is 15.1. The Kier molecular flexibility index (Phi) is 1.53. The number of hydrogen-bond donors (Lipinski definition) is 0. The van der Waals surface area contributed by atoms with E-state index in [1.807, 2.05) is 0 Å². The van der Waals surface area contributed by atoms with Crippen molar-refractivity contribution >= 4 is 0 Å². The summed E-state index contributed by atoms with van der Waals surface area (Å²) in [6.45, 7) is 7.79. The van der Waals surface area contributed by atoms with Gasteiger partial charge in [-0.15, -0.1) is 0 Å². The molecular formula is C10H16N2. The number of aryl methyl sites for hydroxylation is 2. The van der Waals surface area contributed by atoms with E-state index in [1.165, 1.54) is 18.7 Å². The molecular weight excluding hydrogens is 148 g/mol. The van der Waals surface area contributed by atoms with Gasteiger partial charge in [0, 0.05) is 18.2 Å². The van der Waals surface area contributed by atoms with Crippen molar-refractivity contribution in [3.8, 4) is 0 Å². The van der Waals surface area contributed by atoms with Crippen LogP contribution in [-0.4, -0.2) is 9.55 Å². The number of rotatable bonds is 0. The molecule has 66 valence electrons. The number of fused-ring (bicyclic) bond motifs is 1. The molecule has 0 saturated heterocycles. The van der Waals surface area contributed by atoms with Crippen LogP contribution in [0.3, 0.4) is 0 Å². The Labute approximate surface area is 73.6 Å². The predicted octanol–water partition coefficient (Wildman–Crippen LogP) is 2.26. The third-order valence-corrected chi connectivity index (χ3v) is 2.70. The minimum atomic E-state index is 0.284. The molecule has 12 heavy (non-hydrogen) atoms. The van der Waals surface area contributed by atoms with Crippen molar-refractivity contribution in [1.82, 2.24) is 9.55 Å². The molecule has 1 aromatic heterocycles. The highest BCUT2D eigenvalue weighted by Crippen LogP contribution is 2.31. The van der Waals surface area contributed by atoms with E-state index in [-0.39, 0.29) is 5.41 Å². The van der Waals surface area contributed by atoms with Crippen molar-refractivity contribution in [2.75, 3.05) is 0 Å². The zero-order chi connectivity index (χ0) is 8.77. The van der Waals surface area contributed by atoms with Gasteiger partial charge in [0.1, 0.15) is 5.82 Å². The lowest BCUT2D eigenvalue weighted by atomic mass is 9.84. The third-order valence-electron chi connectivity index (χ3n) is 2.70. The van der Waals surface area contributed by atoms with Gasteiger partial charge in [-0.25, -0.2) is 4.98 Å². The minimum absolute atomic E-state index is 0.284. The molecule has 0 aliphatic carbocycles. The first-order valence-corrected chi connectivity index (χ1v) is 4.64. The highest BCUT2D eigenvalue weighted by Gasteiger charge is 2.29. The van der Waals surface area contributed by atoms with Gasteiger partial charge in [0.05, 0.1) is 5.69 Å². The standard InChI is InChI=1S/C10H16N2/c1-8-7-12-6-4-5-10(2,3)9(12)11-8/h7H,4-6H2,1-3H3. The van der Waals surface area contributed by atoms with Crippen LogP contribution in [0.5, 0.6) is 0 Å². The topological polar surface area (TPSA) is 17.8 Å².